The fraction of sp³-hybridized carbons (Fsp3) is 0.375. The van der Waals surface area contributed by atoms with Crippen LogP contribution in [0.2, 0.25) is 0 Å². The maximum absolute atomic E-state index is 14.1. The summed E-state index contributed by atoms with van der Waals surface area (Å²) in [5.41, 5.74) is 3.75. The molecule has 0 aliphatic carbocycles. The van der Waals surface area contributed by atoms with Gasteiger partial charge < -0.3 is 10.2 Å². The molecule has 1 atom stereocenters. The lowest BCUT2D eigenvalue weighted by Gasteiger charge is -2.35. The predicted molar refractivity (Wildman–Crippen MR) is 161 cm³/mol. The van der Waals surface area contributed by atoms with Crippen LogP contribution in [0.1, 0.15) is 56.4 Å². The molecule has 0 fully saturated rings. The molecule has 0 heterocycles. The maximum Gasteiger partial charge on any atom is 0.264 e. The van der Waals surface area contributed by atoms with Gasteiger partial charge in [-0.1, -0.05) is 61.0 Å². The Morgan fingerprint density at radius 2 is 1.50 bits per heavy atom. The van der Waals surface area contributed by atoms with E-state index >= 15 is 0 Å². The van der Waals surface area contributed by atoms with Gasteiger partial charge in [0, 0.05) is 12.1 Å². The number of carbonyl (C=O) groups excluding carboxylic acids is 2. The maximum atomic E-state index is 14.1. The molecule has 2 amide bonds. The Hall–Kier alpha value is -3.65. The van der Waals surface area contributed by atoms with Crippen molar-refractivity contribution in [3.8, 4) is 0 Å². The van der Waals surface area contributed by atoms with E-state index in [0.29, 0.717) is 12.1 Å². The van der Waals surface area contributed by atoms with E-state index in [1.165, 1.54) is 17.0 Å². The fourth-order valence-electron chi connectivity index (χ4n) is 4.39. The summed E-state index contributed by atoms with van der Waals surface area (Å²) in [6.45, 7) is 13.1. The van der Waals surface area contributed by atoms with Crippen LogP contribution >= 0.6 is 0 Å². The minimum atomic E-state index is -4.09. The van der Waals surface area contributed by atoms with E-state index in [0.717, 1.165) is 26.6 Å². The van der Waals surface area contributed by atoms with Crippen LogP contribution in [0.3, 0.4) is 0 Å². The number of benzene rings is 3. The number of anilines is 1. The predicted octanol–water partition coefficient (Wildman–Crippen LogP) is 5.53. The first-order valence-electron chi connectivity index (χ1n) is 13.5. The molecule has 7 nitrogen and oxygen atoms in total. The van der Waals surface area contributed by atoms with Gasteiger partial charge in [-0.3, -0.25) is 13.9 Å². The van der Waals surface area contributed by atoms with Crippen molar-refractivity contribution < 1.29 is 18.0 Å². The summed E-state index contributed by atoms with van der Waals surface area (Å²) in [5.74, 6) is -0.742. The minimum absolute atomic E-state index is 0.0867. The first-order valence-corrected chi connectivity index (χ1v) is 15.0. The quantitative estimate of drug-likeness (QED) is 0.352. The summed E-state index contributed by atoms with van der Waals surface area (Å²) in [5, 5.41) is 2.99. The van der Waals surface area contributed by atoms with E-state index < -0.39 is 34.1 Å². The van der Waals surface area contributed by atoms with Crippen LogP contribution in [0.15, 0.2) is 77.7 Å². The molecule has 0 unspecified atom stereocenters. The van der Waals surface area contributed by atoms with Crippen LogP contribution in [0.4, 0.5) is 5.69 Å². The zero-order chi connectivity index (χ0) is 29.7. The standard InChI is InChI=1S/C32H41N3O4S/c1-8-29(31(37)33-32(5,6)7)34(21-26-17-14-23(2)15-18-26)30(36)22-35(27-19-16-24(3)25(4)20-27)40(38,39)28-12-10-9-11-13-28/h9-20,29H,8,21-22H2,1-7H3,(H,33,37)/t29-/m0/s1. The Kier molecular flexibility index (Phi) is 9.79. The molecule has 0 aromatic heterocycles. The third-order valence-electron chi connectivity index (χ3n) is 6.75. The van der Waals surface area contributed by atoms with E-state index in [1.54, 1.807) is 30.3 Å². The summed E-state index contributed by atoms with van der Waals surface area (Å²) < 4.78 is 29.0. The average Bonchev–Trinajstić information content (AvgIpc) is 2.89. The Balaban J connectivity index is 2.08. The molecule has 0 saturated heterocycles. The Labute approximate surface area is 239 Å². The second kappa shape index (κ2) is 12.7. The van der Waals surface area contributed by atoms with Crippen molar-refractivity contribution in [1.29, 1.82) is 0 Å². The molecule has 3 rings (SSSR count). The monoisotopic (exact) mass is 563 g/mol. The van der Waals surface area contributed by atoms with Crippen LogP contribution in [-0.2, 0) is 26.2 Å². The summed E-state index contributed by atoms with van der Waals surface area (Å²) in [6, 6.07) is 20.4. The summed E-state index contributed by atoms with van der Waals surface area (Å²) in [4.78, 5) is 29.1. The van der Waals surface area contributed by atoms with E-state index in [2.05, 4.69) is 5.32 Å². The van der Waals surface area contributed by atoms with Crippen molar-refractivity contribution in [1.82, 2.24) is 10.2 Å². The van der Waals surface area contributed by atoms with Crippen LogP contribution < -0.4 is 9.62 Å². The Morgan fingerprint density at radius 3 is 2.05 bits per heavy atom. The average molecular weight is 564 g/mol. The van der Waals surface area contributed by atoms with Crippen LogP contribution in [0.5, 0.6) is 0 Å². The zero-order valence-electron chi connectivity index (χ0n) is 24.6. The number of rotatable bonds is 10. The highest BCUT2D eigenvalue weighted by molar-refractivity contribution is 7.92. The summed E-state index contributed by atoms with van der Waals surface area (Å²) >= 11 is 0. The second-order valence-corrected chi connectivity index (χ2v) is 13.1. The van der Waals surface area contributed by atoms with Crippen LogP contribution in [-0.4, -0.2) is 43.3 Å². The van der Waals surface area contributed by atoms with Crippen molar-refractivity contribution in [3.63, 3.8) is 0 Å². The van der Waals surface area contributed by atoms with Crippen molar-refractivity contribution in [2.24, 2.45) is 0 Å². The Morgan fingerprint density at radius 1 is 0.875 bits per heavy atom. The van der Waals surface area contributed by atoms with Gasteiger partial charge in [0.1, 0.15) is 12.6 Å². The van der Waals surface area contributed by atoms with Gasteiger partial charge in [-0.25, -0.2) is 8.42 Å². The fourth-order valence-corrected chi connectivity index (χ4v) is 5.82. The molecule has 3 aromatic carbocycles. The van der Waals surface area contributed by atoms with E-state index in [4.69, 9.17) is 0 Å². The number of aryl methyl sites for hydroxylation is 3. The van der Waals surface area contributed by atoms with Crippen LogP contribution in [0, 0.1) is 20.8 Å². The highest BCUT2D eigenvalue weighted by atomic mass is 32.2. The Bertz CT molecular complexity index is 1430. The number of hydrogen-bond donors (Lipinski definition) is 1. The van der Waals surface area contributed by atoms with Crippen molar-refractivity contribution in [2.45, 2.75) is 77.9 Å². The van der Waals surface area contributed by atoms with Crippen molar-refractivity contribution in [3.05, 3.63) is 95.1 Å². The van der Waals surface area contributed by atoms with Crippen LogP contribution in [0.25, 0.3) is 0 Å². The molecule has 40 heavy (non-hydrogen) atoms. The van der Waals surface area contributed by atoms with Crippen molar-refractivity contribution >= 4 is 27.5 Å². The molecule has 0 spiro atoms. The molecule has 214 valence electrons. The molecule has 3 aromatic rings. The van der Waals surface area contributed by atoms with Gasteiger partial charge in [0.15, 0.2) is 0 Å². The van der Waals surface area contributed by atoms with Gasteiger partial charge in [0.25, 0.3) is 10.0 Å². The summed E-state index contributed by atoms with van der Waals surface area (Å²) in [7, 11) is -4.09. The third kappa shape index (κ3) is 7.72. The third-order valence-corrected chi connectivity index (χ3v) is 8.53. The summed E-state index contributed by atoms with van der Waals surface area (Å²) in [6.07, 6.45) is 0.370. The lowest BCUT2D eigenvalue weighted by molar-refractivity contribution is -0.141. The first-order chi connectivity index (χ1) is 18.7. The molecular formula is C32H41N3O4S. The number of nitrogens with zero attached hydrogens (tertiary/aromatic N) is 2. The van der Waals surface area contributed by atoms with E-state index in [-0.39, 0.29) is 17.3 Å². The van der Waals surface area contributed by atoms with Gasteiger partial charge in [0.2, 0.25) is 11.8 Å². The topological polar surface area (TPSA) is 86.8 Å². The molecular weight excluding hydrogens is 522 g/mol. The number of amides is 2. The lowest BCUT2D eigenvalue weighted by atomic mass is 10.1. The van der Waals surface area contributed by atoms with Crippen molar-refractivity contribution in [2.75, 3.05) is 10.8 Å². The molecule has 0 saturated carbocycles. The number of hydrogen-bond acceptors (Lipinski definition) is 4. The van der Waals surface area contributed by atoms with Gasteiger partial charge in [-0.05, 0) is 88.9 Å². The molecule has 0 aliphatic rings. The molecule has 0 radical (unpaired) electrons. The lowest BCUT2D eigenvalue weighted by Crippen LogP contribution is -2.55. The number of nitrogens with one attached hydrogen (secondary N) is 1. The zero-order valence-corrected chi connectivity index (χ0v) is 25.4. The van der Waals surface area contributed by atoms with Gasteiger partial charge in [0.05, 0.1) is 10.6 Å². The molecule has 0 bridgehead atoms. The SMILES string of the molecule is CC[C@@H](C(=O)NC(C)(C)C)N(Cc1ccc(C)cc1)C(=O)CN(c1ccc(C)c(C)c1)S(=O)(=O)c1ccccc1. The minimum Gasteiger partial charge on any atom is -0.350 e. The normalized spacial score (nSPS) is 12.5. The van der Waals surface area contributed by atoms with E-state index in [9.17, 15) is 18.0 Å². The smallest absolute Gasteiger partial charge is 0.264 e. The first kappa shape index (κ1) is 30.9. The highest BCUT2D eigenvalue weighted by Gasteiger charge is 2.34. The highest BCUT2D eigenvalue weighted by Crippen LogP contribution is 2.27. The second-order valence-electron chi connectivity index (χ2n) is 11.3. The van der Waals surface area contributed by atoms with Gasteiger partial charge in [-0.2, -0.15) is 0 Å². The van der Waals surface area contributed by atoms with Gasteiger partial charge >= 0.3 is 0 Å². The molecule has 1 N–H and O–H groups in total. The molecule has 8 heteroatoms. The number of carbonyl (C=O) groups is 2. The van der Waals surface area contributed by atoms with Gasteiger partial charge in [-0.15, -0.1) is 0 Å². The molecule has 0 aliphatic heterocycles. The largest absolute Gasteiger partial charge is 0.350 e. The number of sulfonamides is 1. The van der Waals surface area contributed by atoms with E-state index in [1.807, 2.05) is 78.8 Å².